The second-order valence-corrected chi connectivity index (χ2v) is 14.6. The summed E-state index contributed by atoms with van der Waals surface area (Å²) in [5.74, 6) is -2.83. The lowest BCUT2D eigenvalue weighted by atomic mass is 9.79. The SMILES string of the molecule is CCCCC1(CCCC)CN(c2ccccc2)c2cc(OC)c(OCC(=O)N[C@@H](C(=O)N[C@H](CO)C(=O)O)c3ccccc3)cc2S(=O)(=O)C1. The largest absolute Gasteiger partial charge is 0.493 e. The van der Waals surface area contributed by atoms with Gasteiger partial charge in [-0.25, -0.2) is 13.2 Å². The molecule has 0 saturated heterocycles. The van der Waals surface area contributed by atoms with Gasteiger partial charge in [-0.1, -0.05) is 88.1 Å². The van der Waals surface area contributed by atoms with Crippen molar-refractivity contribution in [3.05, 3.63) is 78.4 Å². The first-order valence-electron chi connectivity index (χ1n) is 16.9. The monoisotopic (exact) mass is 709 g/mol. The number of benzene rings is 3. The topological polar surface area (TPSA) is 172 Å². The van der Waals surface area contributed by atoms with Crippen molar-refractivity contribution in [2.45, 2.75) is 69.4 Å². The fourth-order valence-electron chi connectivity index (χ4n) is 6.31. The van der Waals surface area contributed by atoms with Gasteiger partial charge in [-0.2, -0.15) is 0 Å². The van der Waals surface area contributed by atoms with Crippen molar-refractivity contribution in [3.8, 4) is 11.5 Å². The maximum Gasteiger partial charge on any atom is 0.328 e. The average Bonchev–Trinajstić information content (AvgIpc) is 3.21. The lowest BCUT2D eigenvalue weighted by Crippen LogP contribution is -2.49. The van der Waals surface area contributed by atoms with Crippen molar-refractivity contribution in [1.82, 2.24) is 10.6 Å². The lowest BCUT2D eigenvalue weighted by molar-refractivity contribution is -0.143. The predicted octanol–water partition coefficient (Wildman–Crippen LogP) is 4.79. The van der Waals surface area contributed by atoms with Gasteiger partial charge in [-0.05, 0) is 30.5 Å². The summed E-state index contributed by atoms with van der Waals surface area (Å²) >= 11 is 0. The molecule has 12 nitrogen and oxygen atoms in total. The number of carboxylic acids is 1. The first-order chi connectivity index (χ1) is 24.0. The molecule has 3 aromatic rings. The minimum atomic E-state index is -3.86. The summed E-state index contributed by atoms with van der Waals surface area (Å²) in [5, 5.41) is 23.5. The zero-order valence-electron chi connectivity index (χ0n) is 28.8. The number of amides is 2. The summed E-state index contributed by atoms with van der Waals surface area (Å²) in [7, 11) is -2.43. The van der Waals surface area contributed by atoms with E-state index in [9.17, 15) is 33.0 Å². The molecule has 13 heteroatoms. The normalized spacial score (nSPS) is 15.9. The van der Waals surface area contributed by atoms with E-state index >= 15 is 0 Å². The number of aliphatic carboxylic acids is 1. The zero-order valence-corrected chi connectivity index (χ0v) is 29.6. The Hall–Kier alpha value is -4.62. The van der Waals surface area contributed by atoms with Crippen LogP contribution in [0.5, 0.6) is 11.5 Å². The van der Waals surface area contributed by atoms with E-state index in [-0.39, 0.29) is 22.1 Å². The zero-order chi connectivity index (χ0) is 36.3. The van der Waals surface area contributed by atoms with Crippen LogP contribution in [0.25, 0.3) is 0 Å². The summed E-state index contributed by atoms with van der Waals surface area (Å²) in [6.45, 7) is 3.23. The molecular formula is C37H47N3O9S. The fraction of sp³-hybridized carbons (Fsp3) is 0.432. The van der Waals surface area contributed by atoms with Crippen molar-refractivity contribution in [2.24, 2.45) is 5.41 Å². The second-order valence-electron chi connectivity index (χ2n) is 12.6. The summed E-state index contributed by atoms with van der Waals surface area (Å²) < 4.78 is 40.2. The summed E-state index contributed by atoms with van der Waals surface area (Å²) in [5.41, 5.74) is 1.16. The first kappa shape index (κ1) is 38.2. The molecule has 0 aromatic heterocycles. The van der Waals surface area contributed by atoms with Crippen LogP contribution in [0.4, 0.5) is 11.4 Å². The van der Waals surface area contributed by atoms with E-state index in [0.717, 1.165) is 44.2 Å². The van der Waals surface area contributed by atoms with Crippen LogP contribution < -0.4 is 25.0 Å². The molecule has 1 heterocycles. The molecule has 1 aliphatic heterocycles. The van der Waals surface area contributed by atoms with Crippen molar-refractivity contribution in [3.63, 3.8) is 0 Å². The van der Waals surface area contributed by atoms with Gasteiger partial charge in [0.2, 0.25) is 5.91 Å². The highest BCUT2D eigenvalue weighted by atomic mass is 32.2. The molecule has 4 rings (SSSR count). The minimum Gasteiger partial charge on any atom is -0.493 e. The van der Waals surface area contributed by atoms with E-state index in [0.29, 0.717) is 17.8 Å². The summed E-state index contributed by atoms with van der Waals surface area (Å²) in [6.07, 6.45) is 5.17. The number of hydrogen-bond donors (Lipinski definition) is 4. The molecule has 0 radical (unpaired) electrons. The number of rotatable bonds is 17. The Kier molecular flexibility index (Phi) is 13.3. The molecule has 0 fully saturated rings. The number of para-hydroxylation sites is 1. The Labute approximate surface area is 293 Å². The highest BCUT2D eigenvalue weighted by Gasteiger charge is 2.43. The van der Waals surface area contributed by atoms with Gasteiger partial charge < -0.3 is 35.2 Å². The highest BCUT2D eigenvalue weighted by Crippen LogP contribution is 2.48. The van der Waals surface area contributed by atoms with E-state index in [1.165, 1.54) is 13.2 Å². The Morgan fingerprint density at radius 3 is 2.10 bits per heavy atom. The van der Waals surface area contributed by atoms with Crippen LogP contribution in [0.1, 0.15) is 64.0 Å². The van der Waals surface area contributed by atoms with E-state index in [1.54, 1.807) is 36.4 Å². The standard InChI is InChI=1S/C37H47N3O9S/c1-4-6-18-37(19-7-5-2)24-40(27-16-12-9-13-17-27)29-20-30(48-3)31(21-32(29)50(46,47)25-37)49-23-33(42)39-34(26-14-10-8-11-15-26)35(43)38-28(22-41)36(44)45/h8-17,20-21,28,34,41H,4-7,18-19,22-25H2,1-3H3,(H,38,43)(H,39,42)(H,44,45)/t28-,34-/m1/s1. The van der Waals surface area contributed by atoms with E-state index in [1.807, 2.05) is 35.2 Å². The quantitative estimate of drug-likeness (QED) is 0.153. The van der Waals surface area contributed by atoms with E-state index in [4.69, 9.17) is 9.47 Å². The van der Waals surface area contributed by atoms with E-state index < -0.39 is 58.3 Å². The molecule has 2 amide bonds. The molecule has 2 atom stereocenters. The number of aliphatic hydroxyl groups excluding tert-OH is 1. The highest BCUT2D eigenvalue weighted by molar-refractivity contribution is 7.91. The number of nitrogens with zero attached hydrogens (tertiary/aromatic N) is 1. The molecule has 1 aliphatic rings. The molecule has 0 spiro atoms. The number of methoxy groups -OCH3 is 1. The van der Waals surface area contributed by atoms with Gasteiger partial charge in [0.1, 0.15) is 12.1 Å². The van der Waals surface area contributed by atoms with Gasteiger partial charge in [-0.3, -0.25) is 9.59 Å². The number of aliphatic hydroxyl groups is 1. The van der Waals surface area contributed by atoms with E-state index in [2.05, 4.69) is 24.5 Å². The number of carboxylic acid groups (broad SMARTS) is 1. The van der Waals surface area contributed by atoms with Crippen molar-refractivity contribution >= 4 is 39.0 Å². The van der Waals surface area contributed by atoms with Gasteiger partial charge in [0, 0.05) is 29.8 Å². The molecule has 0 unspecified atom stereocenters. The van der Waals surface area contributed by atoms with Gasteiger partial charge in [0.05, 0.1) is 30.1 Å². The number of carbonyl (C=O) groups excluding carboxylic acids is 2. The number of carbonyl (C=O) groups is 3. The molecule has 50 heavy (non-hydrogen) atoms. The molecule has 3 aromatic carbocycles. The van der Waals surface area contributed by atoms with Crippen molar-refractivity contribution in [1.29, 1.82) is 0 Å². The predicted molar refractivity (Wildman–Crippen MR) is 189 cm³/mol. The van der Waals surface area contributed by atoms with Crippen LogP contribution in [-0.2, 0) is 24.2 Å². The third-order valence-electron chi connectivity index (χ3n) is 8.91. The summed E-state index contributed by atoms with van der Waals surface area (Å²) in [6, 6.07) is 18.0. The van der Waals surface area contributed by atoms with Crippen molar-refractivity contribution in [2.75, 3.05) is 37.5 Å². The molecule has 270 valence electrons. The Morgan fingerprint density at radius 2 is 1.54 bits per heavy atom. The van der Waals surface area contributed by atoms with Gasteiger partial charge in [-0.15, -0.1) is 0 Å². The van der Waals surface area contributed by atoms with Crippen LogP contribution >= 0.6 is 0 Å². The number of anilines is 2. The van der Waals surface area contributed by atoms with Crippen LogP contribution in [0.15, 0.2) is 77.7 Å². The van der Waals surface area contributed by atoms with Crippen LogP contribution in [0.3, 0.4) is 0 Å². The first-order valence-corrected chi connectivity index (χ1v) is 18.5. The van der Waals surface area contributed by atoms with Crippen LogP contribution in [-0.4, -0.2) is 75.1 Å². The molecule has 0 saturated carbocycles. The smallest absolute Gasteiger partial charge is 0.328 e. The third-order valence-corrected chi connectivity index (χ3v) is 10.9. The Morgan fingerprint density at radius 1 is 0.920 bits per heavy atom. The molecule has 4 N–H and O–H groups in total. The number of nitrogens with one attached hydrogen (secondary N) is 2. The Bertz CT molecular complexity index is 1710. The molecule has 0 aliphatic carbocycles. The van der Waals surface area contributed by atoms with Gasteiger partial charge in [0.15, 0.2) is 27.9 Å². The number of unbranched alkanes of at least 4 members (excludes halogenated alkanes) is 2. The van der Waals surface area contributed by atoms with Gasteiger partial charge in [0.25, 0.3) is 5.91 Å². The fourth-order valence-corrected chi connectivity index (χ4v) is 8.43. The number of ether oxygens (including phenoxy) is 2. The molecular weight excluding hydrogens is 662 g/mol. The maximum absolute atomic E-state index is 14.3. The average molecular weight is 710 g/mol. The minimum absolute atomic E-state index is 0.0273. The lowest BCUT2D eigenvalue weighted by Gasteiger charge is -2.37. The molecule has 0 bridgehead atoms. The number of hydrogen-bond acceptors (Lipinski definition) is 9. The van der Waals surface area contributed by atoms with Gasteiger partial charge >= 0.3 is 5.97 Å². The van der Waals surface area contributed by atoms with Crippen molar-refractivity contribution < 1.29 is 42.5 Å². The summed E-state index contributed by atoms with van der Waals surface area (Å²) in [4.78, 5) is 39.9. The number of fused-ring (bicyclic) bond motifs is 1. The maximum atomic E-state index is 14.3. The van der Waals surface area contributed by atoms with Crippen LogP contribution in [0.2, 0.25) is 0 Å². The van der Waals surface area contributed by atoms with Crippen LogP contribution in [0, 0.1) is 5.41 Å². The number of sulfone groups is 1. The second kappa shape index (κ2) is 17.3. The Balaban J connectivity index is 1.68. The third kappa shape index (κ3) is 9.33.